The number of aromatic amines is 1. The molecule has 138 valence electrons. The van der Waals surface area contributed by atoms with Gasteiger partial charge in [0, 0.05) is 24.7 Å². The number of aromatic nitrogens is 2. The van der Waals surface area contributed by atoms with Crippen LogP contribution in [0.2, 0.25) is 10.0 Å². The summed E-state index contributed by atoms with van der Waals surface area (Å²) in [6.45, 7) is 0.405. The van der Waals surface area contributed by atoms with E-state index in [0.717, 1.165) is 37.3 Å². The summed E-state index contributed by atoms with van der Waals surface area (Å²) < 4.78 is 0. The van der Waals surface area contributed by atoms with E-state index >= 15 is 0 Å². The van der Waals surface area contributed by atoms with Gasteiger partial charge < -0.3 is 15.5 Å². The van der Waals surface area contributed by atoms with Crippen molar-refractivity contribution in [1.82, 2.24) is 9.97 Å². The Morgan fingerprint density at radius 1 is 1.19 bits per heavy atom. The van der Waals surface area contributed by atoms with Crippen molar-refractivity contribution < 1.29 is 4.79 Å². The molecule has 26 heavy (non-hydrogen) atoms. The lowest BCUT2D eigenvalue weighted by atomic mass is 10.1. The molecule has 0 amide bonds. The number of hydrogen-bond acceptors (Lipinski definition) is 5. The summed E-state index contributed by atoms with van der Waals surface area (Å²) in [6, 6.07) is 5.26. The van der Waals surface area contributed by atoms with E-state index < -0.39 is 0 Å². The van der Waals surface area contributed by atoms with Gasteiger partial charge in [0.1, 0.15) is 6.29 Å². The predicted octanol–water partition coefficient (Wildman–Crippen LogP) is 3.99. The smallest absolute Gasteiger partial charge is 0.256 e. The highest BCUT2D eigenvalue weighted by Crippen LogP contribution is 2.22. The van der Waals surface area contributed by atoms with E-state index in [0.29, 0.717) is 46.6 Å². The van der Waals surface area contributed by atoms with Gasteiger partial charge in [0.2, 0.25) is 5.95 Å². The molecule has 0 aliphatic carbocycles. The van der Waals surface area contributed by atoms with Gasteiger partial charge in [0.05, 0.1) is 15.7 Å². The lowest BCUT2D eigenvalue weighted by Crippen LogP contribution is -2.20. The Hall–Kier alpha value is -2.18. The maximum absolute atomic E-state index is 12.3. The second-order valence-electron chi connectivity index (χ2n) is 5.79. The molecule has 0 radical (unpaired) electrons. The molecular formula is C18H20Cl2N4O2. The number of aldehydes is 1. The van der Waals surface area contributed by atoms with Crippen LogP contribution < -0.4 is 10.9 Å². The average molecular weight is 395 g/mol. The van der Waals surface area contributed by atoms with Gasteiger partial charge >= 0.3 is 0 Å². The van der Waals surface area contributed by atoms with Gasteiger partial charge in [0.15, 0.2) is 0 Å². The van der Waals surface area contributed by atoms with Crippen molar-refractivity contribution in [2.75, 3.05) is 5.32 Å². The molecule has 2 aromatic rings. The molecule has 0 unspecified atom stereocenters. The molecular weight excluding hydrogens is 375 g/mol. The quantitative estimate of drug-likeness (QED) is 0.322. The van der Waals surface area contributed by atoms with E-state index in [4.69, 9.17) is 28.6 Å². The molecule has 0 saturated heterocycles. The zero-order chi connectivity index (χ0) is 18.9. The number of unbranched alkanes of at least 4 members (excludes halogenated alkanes) is 3. The largest absolute Gasteiger partial charge is 0.352 e. The summed E-state index contributed by atoms with van der Waals surface area (Å²) in [5, 5.41) is 11.5. The lowest BCUT2D eigenvalue weighted by Gasteiger charge is -2.10. The molecule has 0 spiro atoms. The van der Waals surface area contributed by atoms with Crippen LogP contribution in [0, 0.1) is 5.41 Å². The molecule has 0 bridgehead atoms. The van der Waals surface area contributed by atoms with Gasteiger partial charge in [-0.3, -0.25) is 9.78 Å². The number of benzene rings is 1. The van der Waals surface area contributed by atoms with Gasteiger partial charge in [-0.25, -0.2) is 4.98 Å². The van der Waals surface area contributed by atoms with Crippen molar-refractivity contribution in [3.63, 3.8) is 0 Å². The van der Waals surface area contributed by atoms with Gasteiger partial charge in [-0.1, -0.05) is 35.7 Å². The topological polar surface area (TPSA) is 98.7 Å². The number of hydrogen-bond donors (Lipinski definition) is 3. The Morgan fingerprint density at radius 2 is 2.00 bits per heavy atom. The van der Waals surface area contributed by atoms with Crippen molar-refractivity contribution in [1.29, 1.82) is 5.41 Å². The van der Waals surface area contributed by atoms with Crippen LogP contribution in [0.15, 0.2) is 23.0 Å². The SMILES string of the molecule is N=Cc1nc(NCc2ccc(Cl)c(Cl)c2)[nH]c(=O)c1CCCCCC=O. The molecule has 1 heterocycles. The fraction of sp³-hybridized carbons (Fsp3) is 0.333. The van der Waals surface area contributed by atoms with E-state index in [1.165, 1.54) is 0 Å². The van der Waals surface area contributed by atoms with Crippen LogP contribution in [-0.2, 0) is 17.8 Å². The second-order valence-corrected chi connectivity index (χ2v) is 6.61. The first-order valence-electron chi connectivity index (χ1n) is 8.30. The van der Waals surface area contributed by atoms with E-state index in [9.17, 15) is 9.59 Å². The Morgan fingerprint density at radius 3 is 2.69 bits per heavy atom. The fourth-order valence-electron chi connectivity index (χ4n) is 2.50. The first kappa shape index (κ1) is 20.1. The third-order valence-corrected chi connectivity index (χ3v) is 4.62. The molecule has 0 saturated carbocycles. The molecule has 1 aromatic carbocycles. The Balaban J connectivity index is 2.04. The lowest BCUT2D eigenvalue weighted by molar-refractivity contribution is -0.107. The van der Waals surface area contributed by atoms with Gasteiger partial charge in [0.25, 0.3) is 5.56 Å². The third-order valence-electron chi connectivity index (χ3n) is 3.88. The summed E-state index contributed by atoms with van der Waals surface area (Å²) >= 11 is 11.9. The number of halogens is 2. The monoisotopic (exact) mass is 394 g/mol. The summed E-state index contributed by atoms with van der Waals surface area (Å²) in [4.78, 5) is 29.6. The van der Waals surface area contributed by atoms with Gasteiger partial charge in [-0.2, -0.15) is 0 Å². The molecule has 3 N–H and O–H groups in total. The minimum absolute atomic E-state index is 0.259. The molecule has 1 aromatic heterocycles. The molecule has 0 atom stereocenters. The average Bonchev–Trinajstić information content (AvgIpc) is 2.63. The first-order valence-corrected chi connectivity index (χ1v) is 9.06. The maximum atomic E-state index is 12.3. The van der Waals surface area contributed by atoms with Crippen LogP contribution in [0.1, 0.15) is 42.5 Å². The van der Waals surface area contributed by atoms with E-state index in [-0.39, 0.29) is 5.56 Å². The van der Waals surface area contributed by atoms with Crippen LogP contribution >= 0.6 is 23.2 Å². The normalized spacial score (nSPS) is 10.5. The summed E-state index contributed by atoms with van der Waals surface area (Å²) in [5.74, 6) is 0.296. The number of nitrogens with one attached hydrogen (secondary N) is 3. The second kappa shape index (κ2) is 10.1. The zero-order valence-corrected chi connectivity index (χ0v) is 15.7. The number of carbonyl (C=O) groups excluding carboxylic acids is 1. The van der Waals surface area contributed by atoms with Crippen molar-refractivity contribution >= 4 is 41.7 Å². The Bertz CT molecular complexity index is 836. The number of H-pyrrole nitrogens is 1. The summed E-state index contributed by atoms with van der Waals surface area (Å²) in [6.07, 6.45) is 5.47. The predicted molar refractivity (Wildman–Crippen MR) is 105 cm³/mol. The maximum Gasteiger partial charge on any atom is 0.256 e. The Labute approximate surface area is 161 Å². The highest BCUT2D eigenvalue weighted by molar-refractivity contribution is 6.42. The van der Waals surface area contributed by atoms with E-state index in [1.54, 1.807) is 12.1 Å². The highest BCUT2D eigenvalue weighted by atomic mass is 35.5. The third kappa shape index (κ3) is 5.68. The first-order chi connectivity index (χ1) is 12.5. The van der Waals surface area contributed by atoms with Crippen LogP contribution in [0.3, 0.4) is 0 Å². The fourth-order valence-corrected chi connectivity index (χ4v) is 2.82. The summed E-state index contributed by atoms with van der Waals surface area (Å²) in [7, 11) is 0. The van der Waals surface area contributed by atoms with Crippen LogP contribution in [-0.4, -0.2) is 22.5 Å². The molecule has 2 rings (SSSR count). The highest BCUT2D eigenvalue weighted by Gasteiger charge is 2.10. The van der Waals surface area contributed by atoms with Gasteiger partial charge in [-0.15, -0.1) is 0 Å². The number of nitrogens with zero attached hydrogens (tertiary/aromatic N) is 1. The van der Waals surface area contributed by atoms with Crippen LogP contribution in [0.5, 0.6) is 0 Å². The molecule has 8 heteroatoms. The Kier molecular flexibility index (Phi) is 7.81. The molecule has 0 aliphatic heterocycles. The summed E-state index contributed by atoms with van der Waals surface area (Å²) in [5.41, 5.74) is 1.47. The molecule has 0 fully saturated rings. The van der Waals surface area contributed by atoms with Crippen molar-refractivity contribution in [2.24, 2.45) is 0 Å². The number of carbonyl (C=O) groups is 1. The van der Waals surface area contributed by atoms with E-state index in [2.05, 4.69) is 15.3 Å². The van der Waals surface area contributed by atoms with Crippen molar-refractivity contribution in [3.05, 3.63) is 55.4 Å². The van der Waals surface area contributed by atoms with Crippen LogP contribution in [0.25, 0.3) is 0 Å². The number of anilines is 1. The standard InChI is InChI=1S/C18H20Cl2N4O2/c19-14-7-6-12(9-15(14)20)11-22-18-23-16(10-21)13(17(26)24-18)5-3-1-2-4-8-25/h6-10,21H,1-5,11H2,(H2,22,23,24,26). The minimum Gasteiger partial charge on any atom is -0.352 e. The molecule has 0 aliphatic rings. The van der Waals surface area contributed by atoms with Crippen molar-refractivity contribution in [3.8, 4) is 0 Å². The van der Waals surface area contributed by atoms with Crippen molar-refractivity contribution in [2.45, 2.75) is 38.6 Å². The minimum atomic E-state index is -0.259. The van der Waals surface area contributed by atoms with Crippen LogP contribution in [0.4, 0.5) is 5.95 Å². The zero-order valence-electron chi connectivity index (χ0n) is 14.1. The van der Waals surface area contributed by atoms with E-state index in [1.807, 2.05) is 6.07 Å². The number of rotatable bonds is 10. The molecule has 6 nitrogen and oxygen atoms in total. The van der Waals surface area contributed by atoms with Gasteiger partial charge in [-0.05, 0) is 37.0 Å².